The number of likely N-dealkylation sites (tertiary alicyclic amines) is 1. The second-order valence-electron chi connectivity index (χ2n) is 6.67. The second-order valence-corrected chi connectivity index (χ2v) is 6.67. The lowest BCUT2D eigenvalue weighted by atomic mass is 9.92. The minimum atomic E-state index is -0.766. The summed E-state index contributed by atoms with van der Waals surface area (Å²) in [5.41, 5.74) is 1.05. The van der Waals surface area contributed by atoms with Crippen LogP contribution in [0.3, 0.4) is 0 Å². The molecule has 2 saturated heterocycles. The van der Waals surface area contributed by atoms with E-state index in [4.69, 9.17) is 9.26 Å². The Kier molecular flexibility index (Phi) is 4.10. The van der Waals surface area contributed by atoms with Crippen molar-refractivity contribution in [3.63, 3.8) is 0 Å². The maximum atomic E-state index is 13.0. The number of hydrogen-bond donors (Lipinski definition) is 0. The average Bonchev–Trinajstić information content (AvgIpc) is 3.38. The maximum Gasteiger partial charge on any atom is 0.255 e. The van der Waals surface area contributed by atoms with Gasteiger partial charge in [-0.1, -0.05) is 35.5 Å². The first kappa shape index (κ1) is 15.4. The first-order chi connectivity index (χ1) is 11.8. The van der Waals surface area contributed by atoms with Gasteiger partial charge in [0.15, 0.2) is 5.60 Å². The lowest BCUT2D eigenvalue weighted by molar-refractivity contribution is -0.152. The molecule has 2 fully saturated rings. The molecule has 0 N–H and O–H groups in total. The van der Waals surface area contributed by atoms with Crippen LogP contribution in [0.5, 0.6) is 0 Å². The summed E-state index contributed by atoms with van der Waals surface area (Å²) in [6.45, 7) is 2.32. The second kappa shape index (κ2) is 6.40. The monoisotopic (exact) mass is 326 g/mol. The fourth-order valence-electron chi connectivity index (χ4n) is 3.71. The standard InChI is InChI=1S/C19H22N2O3/c22-18(21-10-4-5-11-21)19(9-6-12-23-19)14-16-13-17(20-24-16)15-7-2-1-3-8-15/h1-3,7-8,13H,4-6,9-12,14H2/t19-/m0/s1. The summed E-state index contributed by atoms with van der Waals surface area (Å²) in [5.74, 6) is 0.832. The normalized spacial score (nSPS) is 23.8. The molecule has 0 spiro atoms. The van der Waals surface area contributed by atoms with Crippen molar-refractivity contribution in [1.29, 1.82) is 0 Å². The number of nitrogens with zero attached hydrogens (tertiary/aromatic N) is 2. The SMILES string of the molecule is O=C(N1CCCC1)[C@@]1(Cc2cc(-c3ccccc3)no2)CCCO1. The van der Waals surface area contributed by atoms with E-state index in [0.717, 1.165) is 50.0 Å². The van der Waals surface area contributed by atoms with Gasteiger partial charge in [0.1, 0.15) is 11.5 Å². The van der Waals surface area contributed by atoms with Gasteiger partial charge < -0.3 is 14.2 Å². The van der Waals surface area contributed by atoms with Crippen LogP contribution in [0.4, 0.5) is 0 Å². The first-order valence-corrected chi connectivity index (χ1v) is 8.71. The highest BCUT2D eigenvalue weighted by Crippen LogP contribution is 2.33. The van der Waals surface area contributed by atoms with Crippen molar-refractivity contribution < 1.29 is 14.1 Å². The van der Waals surface area contributed by atoms with Crippen LogP contribution in [0.25, 0.3) is 11.3 Å². The van der Waals surface area contributed by atoms with Crippen molar-refractivity contribution in [3.05, 3.63) is 42.2 Å². The molecule has 1 aromatic heterocycles. The van der Waals surface area contributed by atoms with Crippen molar-refractivity contribution in [3.8, 4) is 11.3 Å². The van der Waals surface area contributed by atoms with Gasteiger partial charge in [-0.25, -0.2) is 0 Å². The molecule has 126 valence electrons. The molecule has 0 radical (unpaired) electrons. The molecule has 5 nitrogen and oxygen atoms in total. The predicted octanol–water partition coefficient (Wildman–Crippen LogP) is 3.06. The predicted molar refractivity (Wildman–Crippen MR) is 89.4 cm³/mol. The lowest BCUT2D eigenvalue weighted by Gasteiger charge is -2.30. The zero-order valence-electron chi connectivity index (χ0n) is 13.7. The number of carbonyl (C=O) groups is 1. The maximum absolute atomic E-state index is 13.0. The summed E-state index contributed by atoms with van der Waals surface area (Å²) in [6.07, 6.45) is 4.30. The summed E-state index contributed by atoms with van der Waals surface area (Å²) in [4.78, 5) is 14.9. The largest absolute Gasteiger partial charge is 0.365 e. The van der Waals surface area contributed by atoms with Gasteiger partial charge in [0.2, 0.25) is 0 Å². The van der Waals surface area contributed by atoms with Crippen LogP contribution in [-0.2, 0) is 16.0 Å². The third-order valence-electron chi connectivity index (χ3n) is 4.97. The van der Waals surface area contributed by atoms with E-state index < -0.39 is 5.60 Å². The Balaban J connectivity index is 1.55. The van der Waals surface area contributed by atoms with Gasteiger partial charge in [0.25, 0.3) is 5.91 Å². The van der Waals surface area contributed by atoms with Crippen LogP contribution < -0.4 is 0 Å². The smallest absolute Gasteiger partial charge is 0.255 e. The summed E-state index contributed by atoms with van der Waals surface area (Å²) in [5, 5.41) is 4.16. The van der Waals surface area contributed by atoms with Crippen molar-refractivity contribution in [2.24, 2.45) is 0 Å². The van der Waals surface area contributed by atoms with Gasteiger partial charge in [0.05, 0.1) is 0 Å². The van der Waals surface area contributed by atoms with E-state index in [1.54, 1.807) is 0 Å². The van der Waals surface area contributed by atoms with Crippen LogP contribution >= 0.6 is 0 Å². The van der Waals surface area contributed by atoms with E-state index >= 15 is 0 Å². The number of hydrogen-bond acceptors (Lipinski definition) is 4. The quantitative estimate of drug-likeness (QED) is 0.866. The molecule has 1 atom stereocenters. The number of carbonyl (C=O) groups excluding carboxylic acids is 1. The van der Waals surface area contributed by atoms with Gasteiger partial charge in [-0.2, -0.15) is 0 Å². The van der Waals surface area contributed by atoms with Crippen LogP contribution in [0.1, 0.15) is 31.4 Å². The van der Waals surface area contributed by atoms with Crippen molar-refractivity contribution in [2.75, 3.05) is 19.7 Å². The van der Waals surface area contributed by atoms with Crippen LogP contribution in [0, 0.1) is 0 Å². The van der Waals surface area contributed by atoms with Gasteiger partial charge in [-0.15, -0.1) is 0 Å². The van der Waals surface area contributed by atoms with Gasteiger partial charge >= 0.3 is 0 Å². The number of rotatable bonds is 4. The van der Waals surface area contributed by atoms with Crippen LogP contribution in [-0.4, -0.2) is 41.3 Å². The average molecular weight is 326 g/mol. The molecule has 2 aliphatic heterocycles. The number of amides is 1. The Hall–Kier alpha value is -2.14. The van der Waals surface area contributed by atoms with Crippen molar-refractivity contribution >= 4 is 5.91 Å². The molecule has 3 heterocycles. The fraction of sp³-hybridized carbons (Fsp3) is 0.474. The van der Waals surface area contributed by atoms with Crippen LogP contribution in [0.2, 0.25) is 0 Å². The van der Waals surface area contributed by atoms with E-state index in [1.165, 1.54) is 0 Å². The highest BCUT2D eigenvalue weighted by molar-refractivity contribution is 5.86. The number of ether oxygens (including phenoxy) is 1. The Morgan fingerprint density at radius 1 is 1.17 bits per heavy atom. The summed E-state index contributed by atoms with van der Waals surface area (Å²) >= 11 is 0. The topological polar surface area (TPSA) is 55.6 Å². The van der Waals surface area contributed by atoms with Crippen molar-refractivity contribution in [1.82, 2.24) is 10.1 Å². The zero-order valence-corrected chi connectivity index (χ0v) is 13.7. The molecule has 1 amide bonds. The number of benzene rings is 1. The molecule has 0 bridgehead atoms. The molecular weight excluding hydrogens is 304 g/mol. The van der Waals surface area contributed by atoms with E-state index in [9.17, 15) is 4.79 Å². The van der Waals surface area contributed by atoms with Gasteiger partial charge in [0, 0.05) is 37.7 Å². The lowest BCUT2D eigenvalue weighted by Crippen LogP contribution is -2.49. The van der Waals surface area contributed by atoms with Crippen LogP contribution in [0.15, 0.2) is 40.9 Å². The van der Waals surface area contributed by atoms with Gasteiger partial charge in [-0.3, -0.25) is 4.79 Å². The Morgan fingerprint density at radius 2 is 1.96 bits per heavy atom. The number of aromatic nitrogens is 1. The van der Waals surface area contributed by atoms with E-state index in [2.05, 4.69) is 5.16 Å². The molecule has 5 heteroatoms. The van der Waals surface area contributed by atoms with E-state index in [0.29, 0.717) is 18.8 Å². The fourth-order valence-corrected chi connectivity index (χ4v) is 3.71. The third-order valence-corrected chi connectivity index (χ3v) is 4.97. The minimum absolute atomic E-state index is 0.121. The highest BCUT2D eigenvalue weighted by Gasteiger charge is 2.46. The minimum Gasteiger partial charge on any atom is -0.365 e. The van der Waals surface area contributed by atoms with E-state index in [1.807, 2.05) is 41.3 Å². The Morgan fingerprint density at radius 3 is 2.67 bits per heavy atom. The first-order valence-electron chi connectivity index (χ1n) is 8.71. The molecule has 24 heavy (non-hydrogen) atoms. The molecule has 2 aromatic rings. The Bertz CT molecular complexity index is 698. The zero-order chi connectivity index (χ0) is 16.4. The summed E-state index contributed by atoms with van der Waals surface area (Å²) in [7, 11) is 0. The third kappa shape index (κ3) is 2.84. The molecule has 0 saturated carbocycles. The van der Waals surface area contributed by atoms with Crippen molar-refractivity contribution in [2.45, 2.75) is 37.7 Å². The molecule has 1 aromatic carbocycles. The van der Waals surface area contributed by atoms with E-state index in [-0.39, 0.29) is 5.91 Å². The molecular formula is C19H22N2O3. The molecule has 4 rings (SSSR count). The summed E-state index contributed by atoms with van der Waals surface area (Å²) < 4.78 is 11.5. The summed E-state index contributed by atoms with van der Waals surface area (Å²) in [6, 6.07) is 11.8. The molecule has 2 aliphatic rings. The molecule has 0 unspecified atom stereocenters. The Labute approximate surface area is 141 Å². The highest BCUT2D eigenvalue weighted by atomic mass is 16.5. The molecule has 0 aliphatic carbocycles. The van der Waals surface area contributed by atoms with Gasteiger partial charge in [-0.05, 0) is 25.7 Å².